The van der Waals surface area contributed by atoms with Crippen molar-refractivity contribution in [1.82, 2.24) is 0 Å². The van der Waals surface area contributed by atoms with Crippen LogP contribution >= 0.6 is 0 Å². The van der Waals surface area contributed by atoms with Crippen molar-refractivity contribution in [3.63, 3.8) is 0 Å². The molecule has 0 fully saturated rings. The van der Waals surface area contributed by atoms with Crippen LogP contribution in [-0.2, 0) is 44.2 Å². The summed E-state index contributed by atoms with van der Waals surface area (Å²) in [6.07, 6.45) is 13.2. The second-order valence-electron chi connectivity index (χ2n) is 8.45. The zero-order chi connectivity index (χ0) is 25.3. The molecule has 0 aliphatic heterocycles. The quantitative estimate of drug-likeness (QED) is 0.0567. The molecule has 0 radical (unpaired) electrons. The highest BCUT2D eigenvalue weighted by molar-refractivity contribution is 7.87. The van der Waals surface area contributed by atoms with E-state index in [4.69, 9.17) is 14.7 Å². The van der Waals surface area contributed by atoms with Crippen molar-refractivity contribution in [1.29, 1.82) is 0 Å². The van der Waals surface area contributed by atoms with Gasteiger partial charge in [-0.1, -0.05) is 78.1 Å². The van der Waals surface area contributed by atoms with Crippen LogP contribution in [0.3, 0.4) is 0 Å². The van der Waals surface area contributed by atoms with Gasteiger partial charge in [-0.05, 0) is 58.7 Å². The molecule has 0 saturated carbocycles. The first-order chi connectivity index (χ1) is 16.5. The molecule has 11 nitrogen and oxygen atoms in total. The summed E-state index contributed by atoms with van der Waals surface area (Å²) in [6.45, 7) is 4.70. The SMILES string of the molecule is CCCC(CCCCCCCOOOO)OS(=O)(=O)C(CCC)CCCCCCCOOOO. The zero-order valence-corrected chi connectivity index (χ0v) is 21.7. The van der Waals surface area contributed by atoms with Gasteiger partial charge in [-0.25, -0.2) is 20.3 Å². The van der Waals surface area contributed by atoms with E-state index in [1.54, 1.807) is 0 Å². The monoisotopic (exact) mass is 518 g/mol. The number of hydrogen-bond donors (Lipinski definition) is 2. The lowest BCUT2D eigenvalue weighted by Gasteiger charge is -2.22. The number of rotatable bonds is 27. The molecule has 2 atom stereocenters. The smallest absolute Gasteiger partial charge is 0.267 e. The molecule has 0 spiro atoms. The minimum absolute atomic E-state index is 0.266. The van der Waals surface area contributed by atoms with Gasteiger partial charge in [0.1, 0.15) is 0 Å². The van der Waals surface area contributed by atoms with Crippen molar-refractivity contribution >= 4 is 10.1 Å². The molecular weight excluding hydrogens is 472 g/mol. The fourth-order valence-electron chi connectivity index (χ4n) is 3.82. The van der Waals surface area contributed by atoms with Crippen LogP contribution in [0.25, 0.3) is 0 Å². The maximum atomic E-state index is 13.0. The van der Waals surface area contributed by atoms with E-state index in [0.717, 1.165) is 89.9 Å². The van der Waals surface area contributed by atoms with Gasteiger partial charge in [-0.2, -0.15) is 8.42 Å². The molecule has 0 saturated heterocycles. The predicted octanol–water partition coefficient (Wildman–Crippen LogP) is 6.06. The molecule has 0 bridgehead atoms. The van der Waals surface area contributed by atoms with Crippen LogP contribution < -0.4 is 0 Å². The molecular formula is C22H46O11S. The molecule has 206 valence electrons. The highest BCUT2D eigenvalue weighted by Gasteiger charge is 2.28. The van der Waals surface area contributed by atoms with Crippen LogP contribution in [-0.4, -0.2) is 43.5 Å². The summed E-state index contributed by atoms with van der Waals surface area (Å²) in [6, 6.07) is 0. The molecule has 0 amide bonds. The topological polar surface area (TPSA) is 139 Å². The first-order valence-electron chi connectivity index (χ1n) is 12.6. The molecule has 0 aromatic carbocycles. The molecule has 12 heteroatoms. The summed E-state index contributed by atoms with van der Waals surface area (Å²) < 4.78 is 31.7. The van der Waals surface area contributed by atoms with Gasteiger partial charge in [0.2, 0.25) is 0 Å². The lowest BCUT2D eigenvalue weighted by molar-refractivity contribution is -0.623. The van der Waals surface area contributed by atoms with E-state index in [0.29, 0.717) is 26.1 Å². The molecule has 2 N–H and O–H groups in total. The van der Waals surface area contributed by atoms with Crippen LogP contribution in [0.1, 0.15) is 117 Å². The van der Waals surface area contributed by atoms with E-state index in [1.807, 2.05) is 13.8 Å². The first-order valence-corrected chi connectivity index (χ1v) is 14.1. The standard InChI is InChI=1S/C22H46O11S/c1-3-15-21(17-11-7-5-9-13-19-27-32-30-23)29-34(25,26)22(16-4-2)18-12-8-6-10-14-20-28-33-31-24/h21-24H,3-20H2,1-2H3. The third-order valence-corrected chi connectivity index (χ3v) is 7.39. The van der Waals surface area contributed by atoms with Crippen LogP contribution in [0.15, 0.2) is 0 Å². The van der Waals surface area contributed by atoms with E-state index < -0.39 is 15.4 Å². The van der Waals surface area contributed by atoms with Gasteiger partial charge < -0.3 is 0 Å². The Hall–Kier alpha value is -0.410. The summed E-state index contributed by atoms with van der Waals surface area (Å²) in [7, 11) is -3.61. The summed E-state index contributed by atoms with van der Waals surface area (Å²) in [5.74, 6) is 0. The Morgan fingerprint density at radius 2 is 1.09 bits per heavy atom. The highest BCUT2D eigenvalue weighted by atomic mass is 32.2. The summed E-state index contributed by atoms with van der Waals surface area (Å²) in [5.41, 5.74) is 0. The van der Waals surface area contributed by atoms with Crippen LogP contribution in [0.5, 0.6) is 0 Å². The largest absolute Gasteiger partial charge is 0.270 e. The predicted molar refractivity (Wildman–Crippen MR) is 124 cm³/mol. The van der Waals surface area contributed by atoms with Gasteiger partial charge >= 0.3 is 0 Å². The molecule has 34 heavy (non-hydrogen) atoms. The fraction of sp³-hybridized carbons (Fsp3) is 1.00. The van der Waals surface area contributed by atoms with E-state index in [2.05, 4.69) is 29.9 Å². The average molecular weight is 519 g/mol. The van der Waals surface area contributed by atoms with Crippen LogP contribution in [0.4, 0.5) is 0 Å². The van der Waals surface area contributed by atoms with Gasteiger partial charge in [-0.15, -0.1) is 0 Å². The Bertz CT molecular complexity index is 519. The van der Waals surface area contributed by atoms with Gasteiger partial charge in [0.15, 0.2) is 0 Å². The lowest BCUT2D eigenvalue weighted by atomic mass is 10.1. The Morgan fingerprint density at radius 1 is 0.618 bits per heavy atom. The molecule has 0 aromatic heterocycles. The van der Waals surface area contributed by atoms with Gasteiger partial charge in [0.05, 0.1) is 24.6 Å². The van der Waals surface area contributed by atoms with Crippen molar-refractivity contribution < 1.29 is 53.0 Å². The average Bonchev–Trinajstić information content (AvgIpc) is 2.81. The number of hydrogen-bond acceptors (Lipinski definition) is 11. The van der Waals surface area contributed by atoms with E-state index in [9.17, 15) is 8.42 Å². The fourth-order valence-corrected chi connectivity index (χ4v) is 5.53. The molecule has 2 unspecified atom stereocenters. The first kappa shape index (κ1) is 33.6. The van der Waals surface area contributed by atoms with Crippen molar-refractivity contribution in [2.45, 2.75) is 128 Å². The molecule has 0 rings (SSSR count). The molecule has 0 aliphatic rings. The lowest BCUT2D eigenvalue weighted by Crippen LogP contribution is -2.28. The normalized spacial score (nSPS) is 13.9. The minimum atomic E-state index is -3.61. The van der Waals surface area contributed by atoms with Crippen molar-refractivity contribution in [3.8, 4) is 0 Å². The zero-order valence-electron chi connectivity index (χ0n) is 20.9. The Morgan fingerprint density at radius 3 is 1.59 bits per heavy atom. The second kappa shape index (κ2) is 24.3. The van der Waals surface area contributed by atoms with Crippen molar-refractivity contribution in [2.24, 2.45) is 0 Å². The highest BCUT2D eigenvalue weighted by Crippen LogP contribution is 2.23. The van der Waals surface area contributed by atoms with Crippen LogP contribution in [0.2, 0.25) is 0 Å². The summed E-state index contributed by atoms with van der Waals surface area (Å²) in [5, 5.41) is 30.0. The van der Waals surface area contributed by atoms with Crippen molar-refractivity contribution in [3.05, 3.63) is 0 Å². The van der Waals surface area contributed by atoms with Crippen molar-refractivity contribution in [2.75, 3.05) is 13.2 Å². The van der Waals surface area contributed by atoms with Crippen LogP contribution in [0, 0.1) is 0 Å². The summed E-state index contributed by atoms with van der Waals surface area (Å²) in [4.78, 5) is 9.08. The van der Waals surface area contributed by atoms with E-state index in [1.165, 1.54) is 0 Å². The third-order valence-electron chi connectivity index (χ3n) is 5.56. The number of unbranched alkanes of at least 4 members (excludes halogenated alkanes) is 8. The summed E-state index contributed by atoms with van der Waals surface area (Å²) >= 11 is 0. The van der Waals surface area contributed by atoms with E-state index >= 15 is 0 Å². The van der Waals surface area contributed by atoms with Gasteiger partial charge in [-0.3, -0.25) is 4.18 Å². The van der Waals surface area contributed by atoms with Gasteiger partial charge in [0.25, 0.3) is 10.1 Å². The minimum Gasteiger partial charge on any atom is -0.267 e. The van der Waals surface area contributed by atoms with Gasteiger partial charge in [0, 0.05) is 0 Å². The molecule has 0 aromatic rings. The Labute approximate surface area is 204 Å². The van der Waals surface area contributed by atoms with E-state index in [-0.39, 0.29) is 6.10 Å². The molecule has 0 aliphatic carbocycles. The third kappa shape index (κ3) is 19.8. The maximum absolute atomic E-state index is 13.0. The maximum Gasteiger partial charge on any atom is 0.270 e. The Kier molecular flexibility index (Phi) is 24.0. The molecule has 0 heterocycles. The Balaban J connectivity index is 4.27. The second-order valence-corrected chi connectivity index (χ2v) is 10.3.